The van der Waals surface area contributed by atoms with E-state index in [1.54, 1.807) is 30.3 Å². The van der Waals surface area contributed by atoms with Gasteiger partial charge in [0.25, 0.3) is 5.56 Å². The number of halogens is 1. The lowest BCUT2D eigenvalue weighted by atomic mass is 10.2. The summed E-state index contributed by atoms with van der Waals surface area (Å²) in [4.78, 5) is 40.2. The van der Waals surface area contributed by atoms with Crippen molar-refractivity contribution >= 4 is 56.5 Å². The predicted molar refractivity (Wildman–Crippen MR) is 125 cm³/mol. The van der Waals surface area contributed by atoms with Crippen LogP contribution in [0.5, 0.6) is 5.75 Å². The van der Waals surface area contributed by atoms with Gasteiger partial charge in [0.05, 0.1) is 28.0 Å². The Morgan fingerprint density at radius 2 is 1.88 bits per heavy atom. The van der Waals surface area contributed by atoms with Crippen LogP contribution >= 0.6 is 22.9 Å². The van der Waals surface area contributed by atoms with E-state index >= 15 is 0 Å². The number of nitrogens with one attached hydrogen (secondary N) is 3. The molecular formula is C20H15ClN4O5S2. The first-order valence-corrected chi connectivity index (χ1v) is 11.4. The standard InChI is InChI=1S/C20H15ClN4O5S2/c1-30-13-6-7-15-14(10-13)18(26)25(20(28)23-15)12-4-2-11(3-5-12)22-19(27)24-32(29)17-9-8-16(21)31-17/h2-10H,1H3,(H,23,28)(H2,22,24,27). The van der Waals surface area contributed by atoms with Crippen LogP contribution in [0.2, 0.25) is 4.34 Å². The molecule has 0 aliphatic heterocycles. The molecule has 9 nitrogen and oxygen atoms in total. The maximum absolute atomic E-state index is 12.9. The minimum atomic E-state index is -1.75. The number of carbonyl (C=O) groups excluding carboxylic acids is 1. The predicted octanol–water partition coefficient (Wildman–Crippen LogP) is 3.25. The summed E-state index contributed by atoms with van der Waals surface area (Å²) in [5.74, 6) is 0.487. The molecule has 0 aliphatic rings. The van der Waals surface area contributed by atoms with E-state index in [0.717, 1.165) is 15.9 Å². The highest BCUT2D eigenvalue weighted by Gasteiger charge is 2.13. The first kappa shape index (κ1) is 21.8. The van der Waals surface area contributed by atoms with E-state index in [9.17, 15) is 18.6 Å². The van der Waals surface area contributed by atoms with E-state index in [4.69, 9.17) is 16.3 Å². The van der Waals surface area contributed by atoms with Crippen molar-refractivity contribution in [2.24, 2.45) is 0 Å². The van der Waals surface area contributed by atoms with Crippen LogP contribution in [0, 0.1) is 0 Å². The number of methoxy groups -OCH3 is 1. The smallest absolute Gasteiger partial charge is 0.333 e. The third-order valence-electron chi connectivity index (χ3n) is 4.40. The van der Waals surface area contributed by atoms with E-state index in [0.29, 0.717) is 36.6 Å². The Morgan fingerprint density at radius 3 is 2.53 bits per heavy atom. The Morgan fingerprint density at radius 1 is 1.12 bits per heavy atom. The van der Waals surface area contributed by atoms with E-state index in [2.05, 4.69) is 15.0 Å². The molecule has 32 heavy (non-hydrogen) atoms. The molecule has 3 N–H and O–H groups in total. The molecule has 2 aromatic carbocycles. The average Bonchev–Trinajstić information content (AvgIpc) is 3.21. The molecule has 4 aromatic rings. The molecule has 4 rings (SSSR count). The summed E-state index contributed by atoms with van der Waals surface area (Å²) in [6, 6.07) is 13.3. The van der Waals surface area contributed by atoms with Crippen LogP contribution in [0.15, 0.2) is 68.4 Å². The largest absolute Gasteiger partial charge is 0.497 e. The van der Waals surface area contributed by atoms with Crippen LogP contribution in [-0.2, 0) is 11.0 Å². The number of ether oxygens (including phenoxy) is 1. The fourth-order valence-corrected chi connectivity index (χ4v) is 5.06. The molecule has 0 fully saturated rings. The SMILES string of the molecule is COc1ccc2[nH]c(=O)n(-c3ccc(NC(=O)NS(=O)c4ccc(Cl)s4)cc3)c(=O)c2c1. The number of aromatic amines is 1. The van der Waals surface area contributed by atoms with Gasteiger partial charge in [-0.15, -0.1) is 11.3 Å². The van der Waals surface area contributed by atoms with Crippen molar-refractivity contribution < 1.29 is 13.7 Å². The highest BCUT2D eigenvalue weighted by molar-refractivity contribution is 7.86. The molecule has 0 spiro atoms. The molecule has 1 unspecified atom stereocenters. The fourth-order valence-electron chi connectivity index (χ4n) is 2.94. The van der Waals surface area contributed by atoms with E-state index in [1.807, 2.05) is 0 Å². The summed E-state index contributed by atoms with van der Waals surface area (Å²) in [5.41, 5.74) is -0.0302. The van der Waals surface area contributed by atoms with Crippen molar-refractivity contribution in [1.82, 2.24) is 14.3 Å². The zero-order valence-electron chi connectivity index (χ0n) is 16.4. The summed E-state index contributed by atoms with van der Waals surface area (Å²) in [5, 5.41) is 2.83. The summed E-state index contributed by atoms with van der Waals surface area (Å²) in [6.07, 6.45) is 0. The number of H-pyrrole nitrogens is 1. The van der Waals surface area contributed by atoms with E-state index in [1.165, 1.54) is 31.4 Å². The highest BCUT2D eigenvalue weighted by atomic mass is 35.5. The van der Waals surface area contributed by atoms with Gasteiger partial charge in [0, 0.05) is 5.69 Å². The summed E-state index contributed by atoms with van der Waals surface area (Å²) < 4.78 is 21.4. The molecule has 2 aromatic heterocycles. The number of aromatic nitrogens is 2. The zero-order chi connectivity index (χ0) is 22.8. The minimum absolute atomic E-state index is 0.293. The molecule has 0 radical (unpaired) electrons. The monoisotopic (exact) mass is 490 g/mol. The minimum Gasteiger partial charge on any atom is -0.497 e. The first-order chi connectivity index (χ1) is 15.4. The zero-order valence-corrected chi connectivity index (χ0v) is 18.8. The summed E-state index contributed by atoms with van der Waals surface area (Å²) in [6.45, 7) is 0. The molecule has 1 atom stereocenters. The molecule has 0 saturated heterocycles. The Hall–Kier alpha value is -3.41. The van der Waals surface area contributed by atoms with E-state index < -0.39 is 28.3 Å². The fraction of sp³-hybridized carbons (Fsp3) is 0.0500. The first-order valence-electron chi connectivity index (χ1n) is 9.04. The third kappa shape index (κ3) is 4.44. The van der Waals surface area contributed by atoms with Gasteiger partial charge in [-0.1, -0.05) is 11.6 Å². The third-order valence-corrected chi connectivity index (χ3v) is 7.01. The maximum atomic E-state index is 12.9. The van der Waals surface area contributed by atoms with Gasteiger partial charge in [0.1, 0.15) is 9.96 Å². The molecule has 164 valence electrons. The van der Waals surface area contributed by atoms with Crippen LogP contribution in [0.1, 0.15) is 0 Å². The number of hydrogen-bond acceptors (Lipinski definition) is 6. The molecule has 2 amide bonds. The Balaban J connectivity index is 1.55. The topological polar surface area (TPSA) is 122 Å². The van der Waals surface area contributed by atoms with Crippen molar-refractivity contribution in [3.8, 4) is 11.4 Å². The molecule has 2 heterocycles. The van der Waals surface area contributed by atoms with Crippen molar-refractivity contribution in [2.75, 3.05) is 12.4 Å². The highest BCUT2D eigenvalue weighted by Crippen LogP contribution is 2.23. The molecule has 0 aliphatic carbocycles. The van der Waals surface area contributed by atoms with Crippen LogP contribution in [-0.4, -0.2) is 26.9 Å². The summed E-state index contributed by atoms with van der Waals surface area (Å²) >= 11 is 6.91. The van der Waals surface area contributed by atoms with E-state index in [-0.39, 0.29) is 0 Å². The number of fused-ring (bicyclic) bond motifs is 1. The number of carbonyl (C=O) groups is 1. The number of thiophene rings is 1. The number of rotatable bonds is 5. The Bertz CT molecular complexity index is 1460. The van der Waals surface area contributed by atoms with Crippen LogP contribution < -0.4 is 26.0 Å². The van der Waals surface area contributed by atoms with Gasteiger partial charge in [-0.2, -0.15) is 0 Å². The van der Waals surface area contributed by atoms with Gasteiger partial charge >= 0.3 is 11.7 Å². The Labute approximate surface area is 192 Å². The average molecular weight is 491 g/mol. The lowest BCUT2D eigenvalue weighted by molar-refractivity contribution is 0.257. The quantitative estimate of drug-likeness (QED) is 0.396. The number of anilines is 1. The lowest BCUT2D eigenvalue weighted by Gasteiger charge is -2.09. The van der Waals surface area contributed by atoms with Crippen molar-refractivity contribution in [3.05, 3.63) is 79.8 Å². The van der Waals surface area contributed by atoms with Gasteiger partial charge in [-0.05, 0) is 54.6 Å². The van der Waals surface area contributed by atoms with Gasteiger partial charge in [0.2, 0.25) is 0 Å². The van der Waals surface area contributed by atoms with Gasteiger partial charge in [0.15, 0.2) is 11.0 Å². The number of hydrogen-bond donors (Lipinski definition) is 3. The number of urea groups is 1. The second-order valence-corrected chi connectivity index (χ2v) is 9.57. The van der Waals surface area contributed by atoms with Crippen LogP contribution in [0.4, 0.5) is 10.5 Å². The number of benzene rings is 2. The van der Waals surface area contributed by atoms with Crippen LogP contribution in [0.3, 0.4) is 0 Å². The molecule has 12 heteroatoms. The van der Waals surface area contributed by atoms with Crippen molar-refractivity contribution in [1.29, 1.82) is 0 Å². The second kappa shape index (κ2) is 8.99. The normalized spacial score (nSPS) is 11.8. The van der Waals surface area contributed by atoms with Crippen LogP contribution in [0.25, 0.3) is 16.6 Å². The van der Waals surface area contributed by atoms with Crippen molar-refractivity contribution in [2.45, 2.75) is 4.21 Å². The van der Waals surface area contributed by atoms with Gasteiger partial charge in [-0.3, -0.25) is 9.52 Å². The van der Waals surface area contributed by atoms with Gasteiger partial charge < -0.3 is 15.0 Å². The van der Waals surface area contributed by atoms with Crippen molar-refractivity contribution in [3.63, 3.8) is 0 Å². The number of amides is 2. The maximum Gasteiger partial charge on any atom is 0.333 e. The molecule has 0 saturated carbocycles. The number of nitrogens with zero attached hydrogens (tertiary/aromatic N) is 1. The lowest BCUT2D eigenvalue weighted by Crippen LogP contribution is -2.33. The molecule has 0 bridgehead atoms. The Kier molecular flexibility index (Phi) is 6.12. The van der Waals surface area contributed by atoms with Gasteiger partial charge in [-0.25, -0.2) is 18.4 Å². The summed E-state index contributed by atoms with van der Waals surface area (Å²) in [7, 11) is -0.268. The molecular weight excluding hydrogens is 476 g/mol. The second-order valence-electron chi connectivity index (χ2n) is 6.41.